The third kappa shape index (κ3) is 3.34. The first-order valence-electron chi connectivity index (χ1n) is 11.7. The molecular formula is C28H42N2O2. The van der Waals surface area contributed by atoms with Crippen LogP contribution in [-0.2, 0) is 0 Å². The molecule has 2 N–H and O–H groups in total. The Balaban J connectivity index is 2.13. The summed E-state index contributed by atoms with van der Waals surface area (Å²) in [7, 11) is 8.30. The fourth-order valence-corrected chi connectivity index (χ4v) is 6.37. The number of anilines is 2. The molecule has 0 heterocycles. The summed E-state index contributed by atoms with van der Waals surface area (Å²) in [4.78, 5) is 4.32. The van der Waals surface area contributed by atoms with Crippen molar-refractivity contribution >= 4 is 11.4 Å². The van der Waals surface area contributed by atoms with E-state index in [9.17, 15) is 10.2 Å². The van der Waals surface area contributed by atoms with Gasteiger partial charge in [0.15, 0.2) is 0 Å². The van der Waals surface area contributed by atoms with Crippen molar-refractivity contribution in [3.63, 3.8) is 0 Å². The molecule has 32 heavy (non-hydrogen) atoms. The molecule has 0 unspecified atom stereocenters. The third-order valence-electron chi connectivity index (χ3n) is 8.32. The van der Waals surface area contributed by atoms with Crippen LogP contribution in [0.1, 0.15) is 67.5 Å². The Morgan fingerprint density at radius 2 is 0.656 bits per heavy atom. The van der Waals surface area contributed by atoms with Gasteiger partial charge in [0, 0.05) is 51.4 Å². The predicted molar refractivity (Wildman–Crippen MR) is 137 cm³/mol. The second-order valence-electron chi connectivity index (χ2n) is 10.3. The zero-order chi connectivity index (χ0) is 24.4. The molecule has 1 aliphatic rings. The highest BCUT2D eigenvalue weighted by molar-refractivity contribution is 5.69. The van der Waals surface area contributed by atoms with Crippen molar-refractivity contribution in [3.05, 3.63) is 55.6 Å². The van der Waals surface area contributed by atoms with E-state index in [1.54, 1.807) is 0 Å². The molecule has 0 saturated heterocycles. The molecule has 3 rings (SSSR count). The Hall–Kier alpha value is -2.04. The Bertz CT molecular complexity index is 917. The van der Waals surface area contributed by atoms with Gasteiger partial charge in [0.2, 0.25) is 0 Å². The molecule has 0 spiro atoms. The quantitative estimate of drug-likeness (QED) is 0.714. The van der Waals surface area contributed by atoms with Crippen LogP contribution in [0.25, 0.3) is 0 Å². The summed E-state index contributed by atoms with van der Waals surface area (Å²) in [6.07, 6.45) is -1.21. The zero-order valence-corrected chi connectivity index (χ0v) is 22.1. The average molecular weight is 439 g/mol. The molecule has 4 nitrogen and oxygen atoms in total. The van der Waals surface area contributed by atoms with Crippen molar-refractivity contribution in [2.75, 3.05) is 38.0 Å². The molecule has 4 heteroatoms. The van der Waals surface area contributed by atoms with Gasteiger partial charge in [-0.25, -0.2) is 0 Å². The van der Waals surface area contributed by atoms with Gasteiger partial charge in [-0.3, -0.25) is 0 Å². The van der Waals surface area contributed by atoms with Crippen molar-refractivity contribution in [3.8, 4) is 0 Å². The molecule has 2 aromatic carbocycles. The highest BCUT2D eigenvalue weighted by atomic mass is 16.3. The lowest BCUT2D eigenvalue weighted by Crippen LogP contribution is -2.53. The number of hydrogen-bond donors (Lipinski definition) is 2. The number of aliphatic hydroxyl groups is 2. The fourth-order valence-electron chi connectivity index (χ4n) is 6.37. The average Bonchev–Trinajstić information content (AvgIpc) is 2.70. The first-order chi connectivity index (χ1) is 14.7. The van der Waals surface area contributed by atoms with Gasteiger partial charge in [0.1, 0.15) is 0 Å². The van der Waals surface area contributed by atoms with Crippen LogP contribution in [0.2, 0.25) is 0 Å². The molecule has 0 amide bonds. The monoisotopic (exact) mass is 438 g/mol. The lowest BCUT2D eigenvalue weighted by Gasteiger charge is -2.50. The second kappa shape index (κ2) is 8.39. The van der Waals surface area contributed by atoms with E-state index in [-0.39, 0.29) is 11.8 Å². The normalized spacial score (nSPS) is 22.7. The molecule has 176 valence electrons. The SMILES string of the molecule is Cc1c(C)c(N(C)C)c(C)c(C)c1C1C(O)C(c2c(C)c(C)c(N(C)C)c(C)c2C)C1O. The van der Waals surface area contributed by atoms with Gasteiger partial charge >= 0.3 is 0 Å². The Labute approximate surface area is 194 Å². The summed E-state index contributed by atoms with van der Waals surface area (Å²) < 4.78 is 0. The van der Waals surface area contributed by atoms with Crippen LogP contribution in [-0.4, -0.2) is 50.6 Å². The van der Waals surface area contributed by atoms with E-state index in [2.05, 4.69) is 93.4 Å². The smallest absolute Gasteiger partial charge is 0.0727 e. The molecule has 0 aliphatic heterocycles. The summed E-state index contributed by atoms with van der Waals surface area (Å²) in [5, 5.41) is 23.0. The summed E-state index contributed by atoms with van der Waals surface area (Å²) in [5.41, 5.74) is 14.4. The number of benzene rings is 2. The molecule has 2 aromatic rings. The molecule has 1 saturated carbocycles. The van der Waals surface area contributed by atoms with Crippen molar-refractivity contribution in [2.45, 2.75) is 79.4 Å². The van der Waals surface area contributed by atoms with E-state index in [0.717, 1.165) is 11.1 Å². The largest absolute Gasteiger partial charge is 0.392 e. The Morgan fingerprint density at radius 1 is 0.438 bits per heavy atom. The van der Waals surface area contributed by atoms with Gasteiger partial charge < -0.3 is 20.0 Å². The molecule has 0 atom stereocenters. The van der Waals surface area contributed by atoms with Gasteiger partial charge in [-0.2, -0.15) is 0 Å². The van der Waals surface area contributed by atoms with E-state index in [0.29, 0.717) is 0 Å². The minimum Gasteiger partial charge on any atom is -0.392 e. The fraction of sp³-hybridized carbons (Fsp3) is 0.571. The van der Waals surface area contributed by atoms with Crippen LogP contribution in [0.3, 0.4) is 0 Å². The molecule has 0 bridgehead atoms. The van der Waals surface area contributed by atoms with E-state index in [1.807, 2.05) is 0 Å². The second-order valence-corrected chi connectivity index (χ2v) is 10.3. The maximum absolute atomic E-state index is 11.5. The maximum Gasteiger partial charge on any atom is 0.0727 e. The van der Waals surface area contributed by atoms with Crippen LogP contribution in [0.4, 0.5) is 11.4 Å². The number of rotatable bonds is 4. The topological polar surface area (TPSA) is 46.9 Å². The summed E-state index contributed by atoms with van der Waals surface area (Å²) >= 11 is 0. The lowest BCUT2D eigenvalue weighted by molar-refractivity contribution is -0.0794. The van der Waals surface area contributed by atoms with E-state index >= 15 is 0 Å². The van der Waals surface area contributed by atoms with Crippen molar-refractivity contribution < 1.29 is 10.2 Å². The van der Waals surface area contributed by atoms with Crippen LogP contribution in [0, 0.1) is 55.4 Å². The highest BCUT2D eigenvalue weighted by Gasteiger charge is 2.52. The van der Waals surface area contributed by atoms with Crippen LogP contribution >= 0.6 is 0 Å². The van der Waals surface area contributed by atoms with Crippen molar-refractivity contribution in [1.29, 1.82) is 0 Å². The standard InChI is InChI=1S/C28H42N2O2/c1-13-17(5)25(29(9)10)18(6)14(2)21(13)23-27(31)24(28(23)32)22-15(3)19(7)26(30(11)12)20(8)16(22)4/h23-24,27-28,31-32H,1-12H3. The van der Waals surface area contributed by atoms with E-state index in [4.69, 9.17) is 0 Å². The molecule has 1 fully saturated rings. The first-order valence-corrected chi connectivity index (χ1v) is 11.7. The van der Waals surface area contributed by atoms with Crippen molar-refractivity contribution in [2.24, 2.45) is 0 Å². The number of hydrogen-bond acceptors (Lipinski definition) is 4. The predicted octanol–water partition coefficient (Wildman–Crippen LogP) is 4.89. The zero-order valence-electron chi connectivity index (χ0n) is 22.1. The van der Waals surface area contributed by atoms with Gasteiger partial charge in [0.05, 0.1) is 12.2 Å². The van der Waals surface area contributed by atoms with E-state index in [1.165, 1.54) is 55.9 Å². The maximum atomic E-state index is 11.5. The first kappa shape index (κ1) is 24.6. The van der Waals surface area contributed by atoms with Crippen LogP contribution < -0.4 is 9.80 Å². The van der Waals surface area contributed by atoms with Crippen LogP contribution in [0.15, 0.2) is 0 Å². The highest BCUT2D eigenvalue weighted by Crippen LogP contribution is 2.53. The van der Waals surface area contributed by atoms with Gasteiger partial charge in [-0.15, -0.1) is 0 Å². The third-order valence-corrected chi connectivity index (χ3v) is 8.32. The minimum absolute atomic E-state index is 0.262. The molecule has 0 radical (unpaired) electrons. The minimum atomic E-state index is -0.604. The summed E-state index contributed by atoms with van der Waals surface area (Å²) in [5.74, 6) is -0.525. The Kier molecular flexibility index (Phi) is 6.45. The lowest BCUT2D eigenvalue weighted by atomic mass is 9.59. The van der Waals surface area contributed by atoms with E-state index < -0.39 is 12.2 Å². The van der Waals surface area contributed by atoms with Gasteiger partial charge in [-0.05, 0) is 111 Å². The summed E-state index contributed by atoms with van der Waals surface area (Å²) in [6, 6.07) is 0. The van der Waals surface area contributed by atoms with Gasteiger partial charge in [0.25, 0.3) is 0 Å². The van der Waals surface area contributed by atoms with Crippen molar-refractivity contribution in [1.82, 2.24) is 0 Å². The number of nitrogens with zero attached hydrogens (tertiary/aromatic N) is 2. The summed E-state index contributed by atoms with van der Waals surface area (Å²) in [6.45, 7) is 17.1. The molecule has 1 aliphatic carbocycles. The Morgan fingerprint density at radius 3 is 0.844 bits per heavy atom. The van der Waals surface area contributed by atoms with Crippen LogP contribution in [0.5, 0.6) is 0 Å². The molecular weight excluding hydrogens is 396 g/mol. The van der Waals surface area contributed by atoms with Gasteiger partial charge in [-0.1, -0.05) is 0 Å². The number of aliphatic hydroxyl groups excluding tert-OH is 2. The molecule has 0 aromatic heterocycles.